The number of benzene rings is 2. The van der Waals surface area contributed by atoms with Gasteiger partial charge in [0.2, 0.25) is 0 Å². The van der Waals surface area contributed by atoms with Crippen LogP contribution in [0.25, 0.3) is 22.4 Å². The number of hydrogen-bond donors (Lipinski definition) is 0. The van der Waals surface area contributed by atoms with E-state index in [1.165, 1.54) is 11.1 Å². The van der Waals surface area contributed by atoms with Gasteiger partial charge in [-0.1, -0.05) is 79.2 Å². The van der Waals surface area contributed by atoms with Crippen LogP contribution >= 0.6 is 15.9 Å². The molecule has 0 aliphatic rings. The minimum absolute atomic E-state index is 0.167. The van der Waals surface area contributed by atoms with Crippen molar-refractivity contribution in [1.82, 2.24) is 4.98 Å². The molecule has 1 aromatic heterocycles. The number of halogens is 1. The van der Waals surface area contributed by atoms with Crippen LogP contribution in [-0.2, 0) is 5.41 Å². The molecule has 0 atom stereocenters. The van der Waals surface area contributed by atoms with Crippen molar-refractivity contribution in [3.8, 4) is 22.4 Å². The van der Waals surface area contributed by atoms with E-state index >= 15 is 0 Å². The molecular weight excluding hydrogens is 346 g/mol. The van der Waals surface area contributed by atoms with E-state index in [-0.39, 0.29) is 5.41 Å². The molecule has 0 saturated heterocycles. The van der Waals surface area contributed by atoms with Gasteiger partial charge in [-0.3, -0.25) is 4.98 Å². The van der Waals surface area contributed by atoms with Crippen molar-refractivity contribution < 1.29 is 0 Å². The molecule has 0 N–H and O–H groups in total. The van der Waals surface area contributed by atoms with E-state index in [2.05, 4.69) is 84.1 Å². The third kappa shape index (κ3) is 3.53. The molecule has 1 heterocycles. The van der Waals surface area contributed by atoms with Gasteiger partial charge >= 0.3 is 0 Å². The van der Waals surface area contributed by atoms with Crippen molar-refractivity contribution in [3.63, 3.8) is 0 Å². The fourth-order valence-electron chi connectivity index (χ4n) is 2.65. The zero-order valence-electron chi connectivity index (χ0n) is 13.7. The molecular formula is C21H20BrN. The highest BCUT2D eigenvalue weighted by Gasteiger charge is 2.14. The highest BCUT2D eigenvalue weighted by atomic mass is 79.9. The predicted octanol–water partition coefficient (Wildman–Crippen LogP) is 6.48. The summed E-state index contributed by atoms with van der Waals surface area (Å²) in [5, 5.41) is 0. The zero-order valence-corrected chi connectivity index (χ0v) is 15.3. The number of nitrogens with zero attached hydrogens (tertiary/aromatic N) is 1. The number of aromatic nitrogens is 1. The van der Waals surface area contributed by atoms with E-state index in [1.54, 1.807) is 0 Å². The van der Waals surface area contributed by atoms with Crippen LogP contribution < -0.4 is 0 Å². The zero-order chi connectivity index (χ0) is 16.4. The van der Waals surface area contributed by atoms with E-state index in [0.29, 0.717) is 0 Å². The van der Waals surface area contributed by atoms with Crippen molar-refractivity contribution >= 4 is 15.9 Å². The van der Waals surface area contributed by atoms with Crippen LogP contribution in [0.15, 0.2) is 71.3 Å². The Hall–Kier alpha value is -1.93. The fraction of sp³-hybridized carbons (Fsp3) is 0.190. The predicted molar refractivity (Wildman–Crippen MR) is 102 cm³/mol. The van der Waals surface area contributed by atoms with Gasteiger partial charge in [-0.2, -0.15) is 0 Å². The minimum atomic E-state index is 0.167. The monoisotopic (exact) mass is 365 g/mol. The first-order valence-electron chi connectivity index (χ1n) is 7.77. The van der Waals surface area contributed by atoms with Crippen molar-refractivity contribution in [2.75, 3.05) is 0 Å². The molecule has 0 aliphatic carbocycles. The van der Waals surface area contributed by atoms with Crippen molar-refractivity contribution in [2.24, 2.45) is 0 Å². The van der Waals surface area contributed by atoms with Gasteiger partial charge in [-0.05, 0) is 34.7 Å². The van der Waals surface area contributed by atoms with Crippen LogP contribution in [0.2, 0.25) is 0 Å². The smallest absolute Gasteiger partial charge is 0.0780 e. The summed E-state index contributed by atoms with van der Waals surface area (Å²) in [4.78, 5) is 4.62. The van der Waals surface area contributed by atoms with Gasteiger partial charge in [-0.25, -0.2) is 0 Å². The van der Waals surface area contributed by atoms with Gasteiger partial charge in [0.25, 0.3) is 0 Å². The van der Waals surface area contributed by atoms with Crippen LogP contribution in [0.4, 0.5) is 0 Å². The van der Waals surface area contributed by atoms with Gasteiger partial charge in [0.05, 0.1) is 5.69 Å². The Labute approximate surface area is 146 Å². The standard InChI is InChI=1S/C21H20BrN/c1-21(2,3)17-11-9-15(10-12-17)19-8-5-13-23-20(19)16-6-4-7-18(22)14-16/h4-14H,1-3H3. The average Bonchev–Trinajstić information content (AvgIpc) is 2.54. The molecule has 0 unspecified atom stereocenters. The van der Waals surface area contributed by atoms with Gasteiger partial charge in [0.1, 0.15) is 0 Å². The summed E-state index contributed by atoms with van der Waals surface area (Å²) in [5.74, 6) is 0. The summed E-state index contributed by atoms with van der Waals surface area (Å²) in [7, 11) is 0. The van der Waals surface area contributed by atoms with E-state index in [9.17, 15) is 0 Å². The molecule has 2 heteroatoms. The van der Waals surface area contributed by atoms with Crippen molar-refractivity contribution in [2.45, 2.75) is 26.2 Å². The lowest BCUT2D eigenvalue weighted by Gasteiger charge is -2.19. The van der Waals surface area contributed by atoms with Gasteiger partial charge in [-0.15, -0.1) is 0 Å². The maximum absolute atomic E-state index is 4.62. The van der Waals surface area contributed by atoms with Crippen LogP contribution in [0.5, 0.6) is 0 Å². The Bertz CT molecular complexity index is 814. The second kappa shape index (κ2) is 6.29. The molecule has 3 aromatic rings. The highest BCUT2D eigenvalue weighted by Crippen LogP contribution is 2.32. The largest absolute Gasteiger partial charge is 0.256 e. The lowest BCUT2D eigenvalue weighted by atomic mass is 9.86. The first kappa shape index (κ1) is 15.9. The number of rotatable bonds is 2. The fourth-order valence-corrected chi connectivity index (χ4v) is 3.05. The van der Waals surface area contributed by atoms with Crippen molar-refractivity contribution in [1.29, 1.82) is 0 Å². The summed E-state index contributed by atoms with van der Waals surface area (Å²) < 4.78 is 1.06. The molecule has 0 spiro atoms. The van der Waals surface area contributed by atoms with E-state index in [0.717, 1.165) is 21.3 Å². The average molecular weight is 366 g/mol. The second-order valence-corrected chi connectivity index (χ2v) is 7.65. The molecule has 23 heavy (non-hydrogen) atoms. The minimum Gasteiger partial charge on any atom is -0.256 e. The molecule has 0 aliphatic heterocycles. The maximum Gasteiger partial charge on any atom is 0.0780 e. The Morgan fingerprint density at radius 2 is 1.57 bits per heavy atom. The van der Waals surface area contributed by atoms with Gasteiger partial charge in [0.15, 0.2) is 0 Å². The lowest BCUT2D eigenvalue weighted by Crippen LogP contribution is -2.10. The van der Waals surface area contributed by atoms with Crippen LogP contribution in [0, 0.1) is 0 Å². The molecule has 0 radical (unpaired) electrons. The first-order valence-corrected chi connectivity index (χ1v) is 8.56. The van der Waals surface area contributed by atoms with E-state index < -0.39 is 0 Å². The summed E-state index contributed by atoms with van der Waals surface area (Å²) in [6.07, 6.45) is 1.85. The summed E-state index contributed by atoms with van der Waals surface area (Å²) in [5.41, 5.74) is 5.99. The highest BCUT2D eigenvalue weighted by molar-refractivity contribution is 9.10. The van der Waals surface area contributed by atoms with E-state index in [1.807, 2.05) is 24.4 Å². The van der Waals surface area contributed by atoms with Crippen molar-refractivity contribution in [3.05, 3.63) is 76.9 Å². The number of hydrogen-bond acceptors (Lipinski definition) is 1. The SMILES string of the molecule is CC(C)(C)c1ccc(-c2cccnc2-c2cccc(Br)c2)cc1. The first-order chi connectivity index (χ1) is 10.9. The molecule has 116 valence electrons. The Morgan fingerprint density at radius 1 is 0.826 bits per heavy atom. The topological polar surface area (TPSA) is 12.9 Å². The summed E-state index contributed by atoms with van der Waals surface area (Å²) >= 11 is 3.54. The summed E-state index contributed by atoms with van der Waals surface area (Å²) in [6, 6.07) is 21.2. The van der Waals surface area contributed by atoms with Gasteiger partial charge < -0.3 is 0 Å². The third-order valence-corrected chi connectivity index (χ3v) is 4.46. The van der Waals surface area contributed by atoms with Crippen LogP contribution in [-0.4, -0.2) is 4.98 Å². The lowest BCUT2D eigenvalue weighted by molar-refractivity contribution is 0.590. The van der Waals surface area contributed by atoms with Gasteiger partial charge in [0, 0.05) is 21.8 Å². The van der Waals surface area contributed by atoms with Crippen LogP contribution in [0.3, 0.4) is 0 Å². The molecule has 2 aromatic carbocycles. The molecule has 3 rings (SSSR count). The van der Waals surface area contributed by atoms with E-state index in [4.69, 9.17) is 0 Å². The van der Waals surface area contributed by atoms with Crippen LogP contribution in [0.1, 0.15) is 26.3 Å². The quantitative estimate of drug-likeness (QED) is 0.506. The molecule has 1 nitrogen and oxygen atoms in total. The Kier molecular flexibility index (Phi) is 4.36. The second-order valence-electron chi connectivity index (χ2n) is 6.74. The maximum atomic E-state index is 4.62. The summed E-state index contributed by atoms with van der Waals surface area (Å²) in [6.45, 7) is 6.71. The Morgan fingerprint density at radius 3 is 2.22 bits per heavy atom. The molecule has 0 fully saturated rings. The molecule has 0 saturated carbocycles. The number of pyridine rings is 1. The molecule has 0 amide bonds. The Balaban J connectivity index is 2.08. The third-order valence-electron chi connectivity index (χ3n) is 3.97. The normalized spacial score (nSPS) is 11.5. The molecule has 0 bridgehead atoms.